The van der Waals surface area contributed by atoms with Crippen LogP contribution in [0.1, 0.15) is 43.0 Å². The Morgan fingerprint density at radius 1 is 1.09 bits per heavy atom. The third-order valence-electron chi connectivity index (χ3n) is 4.12. The molecule has 1 N–H and O–H groups in total. The van der Waals surface area contributed by atoms with Crippen molar-refractivity contribution < 1.29 is 0 Å². The van der Waals surface area contributed by atoms with Crippen molar-refractivity contribution >= 4 is 5.95 Å². The Morgan fingerprint density at radius 2 is 1.77 bits per heavy atom. The average molecular weight is 299 g/mol. The van der Waals surface area contributed by atoms with Crippen LogP contribution in [0.3, 0.4) is 0 Å². The van der Waals surface area contributed by atoms with E-state index in [0.717, 1.165) is 36.9 Å². The summed E-state index contributed by atoms with van der Waals surface area (Å²) in [6.07, 6.45) is 7.50. The summed E-state index contributed by atoms with van der Waals surface area (Å²) in [5.74, 6) is 0.680. The van der Waals surface area contributed by atoms with E-state index in [1.54, 1.807) is 16.8 Å². The lowest BCUT2D eigenvalue weighted by Gasteiger charge is -2.29. The number of nitrogens with zero attached hydrogens (tertiary/aromatic N) is 4. The molecule has 6 heteroatoms. The second-order valence-corrected chi connectivity index (χ2v) is 5.99. The van der Waals surface area contributed by atoms with Crippen LogP contribution in [0.2, 0.25) is 0 Å². The molecular weight excluding hydrogens is 278 g/mol. The fourth-order valence-electron chi connectivity index (χ4n) is 2.90. The molecule has 3 rings (SSSR count). The zero-order chi connectivity index (χ0) is 15.5. The van der Waals surface area contributed by atoms with Gasteiger partial charge in [-0.3, -0.25) is 4.79 Å². The van der Waals surface area contributed by atoms with E-state index < -0.39 is 0 Å². The van der Waals surface area contributed by atoms with Crippen molar-refractivity contribution in [3.8, 4) is 0 Å². The van der Waals surface area contributed by atoms with Gasteiger partial charge in [0.2, 0.25) is 5.95 Å². The molecule has 2 heterocycles. The highest BCUT2D eigenvalue weighted by Gasteiger charge is 2.24. The second-order valence-electron chi connectivity index (χ2n) is 5.99. The van der Waals surface area contributed by atoms with E-state index >= 15 is 0 Å². The van der Waals surface area contributed by atoms with Crippen LogP contribution in [0, 0.1) is 13.8 Å². The molecule has 1 aliphatic rings. The van der Waals surface area contributed by atoms with E-state index in [9.17, 15) is 4.79 Å². The molecule has 0 atom stereocenters. The smallest absolute Gasteiger partial charge is 0.267 e. The van der Waals surface area contributed by atoms with E-state index in [-0.39, 0.29) is 11.6 Å². The summed E-state index contributed by atoms with van der Waals surface area (Å²) >= 11 is 0. The maximum Gasteiger partial charge on any atom is 0.267 e. The second kappa shape index (κ2) is 6.25. The summed E-state index contributed by atoms with van der Waals surface area (Å²) in [6.45, 7) is 3.89. The molecule has 0 bridgehead atoms. The molecular formula is C16H21N5O. The monoisotopic (exact) mass is 299 g/mol. The molecule has 1 saturated carbocycles. The number of rotatable bonds is 3. The molecule has 1 aliphatic carbocycles. The van der Waals surface area contributed by atoms with E-state index in [2.05, 4.69) is 20.4 Å². The maximum absolute atomic E-state index is 11.9. The summed E-state index contributed by atoms with van der Waals surface area (Å²) in [4.78, 5) is 20.5. The lowest BCUT2D eigenvalue weighted by atomic mass is 9.91. The zero-order valence-electron chi connectivity index (χ0n) is 13.0. The summed E-state index contributed by atoms with van der Waals surface area (Å²) < 4.78 is 1.65. The van der Waals surface area contributed by atoms with Crippen LogP contribution in [0.4, 0.5) is 5.95 Å². The first-order valence-corrected chi connectivity index (χ1v) is 7.73. The fourth-order valence-corrected chi connectivity index (χ4v) is 2.90. The summed E-state index contributed by atoms with van der Waals surface area (Å²) in [7, 11) is 0. The molecule has 0 amide bonds. The molecule has 0 saturated heterocycles. The number of aromatic nitrogens is 4. The fraction of sp³-hybridized carbons (Fsp3) is 0.500. The van der Waals surface area contributed by atoms with Crippen molar-refractivity contribution in [2.24, 2.45) is 0 Å². The van der Waals surface area contributed by atoms with Gasteiger partial charge in [0.1, 0.15) is 0 Å². The topological polar surface area (TPSA) is 72.7 Å². The Balaban J connectivity index is 1.61. The van der Waals surface area contributed by atoms with Crippen LogP contribution in [0.5, 0.6) is 0 Å². The molecule has 0 radical (unpaired) electrons. The number of nitrogens with one attached hydrogen (secondary N) is 1. The predicted octanol–water partition coefficient (Wildman–Crippen LogP) is 2.25. The van der Waals surface area contributed by atoms with Crippen molar-refractivity contribution in [2.45, 2.75) is 51.6 Å². The van der Waals surface area contributed by atoms with Gasteiger partial charge in [0, 0.05) is 24.5 Å². The van der Waals surface area contributed by atoms with Crippen LogP contribution in [0.15, 0.2) is 29.3 Å². The Morgan fingerprint density at radius 3 is 2.45 bits per heavy atom. The summed E-state index contributed by atoms with van der Waals surface area (Å²) in [5, 5.41) is 7.75. The highest BCUT2D eigenvalue weighted by atomic mass is 16.1. The van der Waals surface area contributed by atoms with Gasteiger partial charge in [-0.1, -0.05) is 0 Å². The third-order valence-corrected chi connectivity index (χ3v) is 4.12. The number of hydrogen-bond acceptors (Lipinski definition) is 5. The largest absolute Gasteiger partial charge is 0.351 e. The van der Waals surface area contributed by atoms with Crippen molar-refractivity contribution in [2.75, 3.05) is 5.32 Å². The lowest BCUT2D eigenvalue weighted by Crippen LogP contribution is -2.33. The first-order chi connectivity index (χ1) is 10.6. The SMILES string of the molecule is Cc1cnc(NC2CCC(n3nc(C)ccc3=O)CC2)nc1. The van der Waals surface area contributed by atoms with Gasteiger partial charge in [-0.25, -0.2) is 14.6 Å². The molecule has 0 aliphatic heterocycles. The quantitative estimate of drug-likeness (QED) is 0.941. The van der Waals surface area contributed by atoms with Gasteiger partial charge in [-0.15, -0.1) is 0 Å². The normalized spacial score (nSPS) is 21.5. The van der Waals surface area contributed by atoms with Gasteiger partial charge in [-0.2, -0.15) is 5.10 Å². The molecule has 2 aromatic heterocycles. The predicted molar refractivity (Wildman–Crippen MR) is 84.9 cm³/mol. The van der Waals surface area contributed by atoms with Crippen LogP contribution < -0.4 is 10.9 Å². The first kappa shape index (κ1) is 14.7. The molecule has 6 nitrogen and oxygen atoms in total. The highest BCUT2D eigenvalue weighted by molar-refractivity contribution is 5.26. The van der Waals surface area contributed by atoms with E-state index in [0.29, 0.717) is 12.0 Å². The van der Waals surface area contributed by atoms with Gasteiger partial charge in [-0.05, 0) is 51.2 Å². The standard InChI is InChI=1S/C16H21N5O/c1-11-9-17-16(18-10-11)19-13-4-6-14(7-5-13)21-15(22)8-3-12(2)20-21/h3,8-10,13-14H,4-7H2,1-2H3,(H,17,18,19). The van der Waals surface area contributed by atoms with Crippen LogP contribution >= 0.6 is 0 Å². The number of hydrogen-bond donors (Lipinski definition) is 1. The number of aryl methyl sites for hydroxylation is 2. The van der Waals surface area contributed by atoms with Crippen molar-refractivity contribution in [1.82, 2.24) is 19.7 Å². The van der Waals surface area contributed by atoms with Crippen LogP contribution in [-0.2, 0) is 0 Å². The molecule has 0 aromatic carbocycles. The Labute approximate surface area is 129 Å². The van der Waals surface area contributed by atoms with Gasteiger partial charge < -0.3 is 5.32 Å². The third kappa shape index (κ3) is 3.32. The minimum Gasteiger partial charge on any atom is -0.351 e. The van der Waals surface area contributed by atoms with E-state index in [1.165, 1.54) is 0 Å². The van der Waals surface area contributed by atoms with Crippen molar-refractivity contribution in [1.29, 1.82) is 0 Å². The molecule has 2 aromatic rings. The highest BCUT2D eigenvalue weighted by Crippen LogP contribution is 2.28. The maximum atomic E-state index is 11.9. The van der Waals surface area contributed by atoms with Gasteiger partial charge >= 0.3 is 0 Å². The summed E-state index contributed by atoms with van der Waals surface area (Å²) in [6, 6.07) is 3.93. The Hall–Kier alpha value is -2.24. The van der Waals surface area contributed by atoms with Crippen molar-refractivity contribution in [3.05, 3.63) is 46.1 Å². The minimum atomic E-state index is -0.0103. The molecule has 0 spiro atoms. The molecule has 1 fully saturated rings. The van der Waals surface area contributed by atoms with Crippen molar-refractivity contribution in [3.63, 3.8) is 0 Å². The minimum absolute atomic E-state index is 0.0103. The average Bonchev–Trinajstić information content (AvgIpc) is 2.53. The first-order valence-electron chi connectivity index (χ1n) is 7.73. The number of anilines is 1. The Kier molecular flexibility index (Phi) is 4.18. The van der Waals surface area contributed by atoms with Crippen LogP contribution in [0.25, 0.3) is 0 Å². The van der Waals surface area contributed by atoms with E-state index in [4.69, 9.17) is 0 Å². The summed E-state index contributed by atoms with van der Waals surface area (Å²) in [5.41, 5.74) is 1.93. The van der Waals surface area contributed by atoms with Crippen LogP contribution in [-0.4, -0.2) is 25.8 Å². The van der Waals surface area contributed by atoms with Gasteiger partial charge in [0.05, 0.1) is 11.7 Å². The zero-order valence-corrected chi connectivity index (χ0v) is 13.0. The van der Waals surface area contributed by atoms with Gasteiger partial charge in [0.15, 0.2) is 0 Å². The van der Waals surface area contributed by atoms with E-state index in [1.807, 2.05) is 26.2 Å². The molecule has 0 unspecified atom stereocenters. The Bertz CT molecular complexity index is 686. The molecule has 22 heavy (non-hydrogen) atoms. The molecule has 116 valence electrons. The van der Waals surface area contributed by atoms with Gasteiger partial charge in [0.25, 0.3) is 5.56 Å². The lowest BCUT2D eigenvalue weighted by molar-refractivity contribution is 0.302.